The van der Waals surface area contributed by atoms with Crippen molar-refractivity contribution >= 4 is 45.9 Å². The number of nitrogens with one attached hydrogen (secondary N) is 1. The van der Waals surface area contributed by atoms with Gasteiger partial charge in [0.05, 0.1) is 22.2 Å². The molecule has 0 aliphatic heterocycles. The zero-order chi connectivity index (χ0) is 23.5. The van der Waals surface area contributed by atoms with Gasteiger partial charge < -0.3 is 20.3 Å². The minimum absolute atomic E-state index is 0.00746. The van der Waals surface area contributed by atoms with Crippen LogP contribution in [0.25, 0.3) is 22.2 Å². The van der Waals surface area contributed by atoms with Gasteiger partial charge in [-0.15, -0.1) is 0 Å². The number of aromatic nitrogens is 3. The number of hydrogen-bond acceptors (Lipinski definition) is 7. The molecule has 0 saturated heterocycles. The molecule has 2 heterocycles. The van der Waals surface area contributed by atoms with Crippen molar-refractivity contribution in [2.45, 2.75) is 6.10 Å². The van der Waals surface area contributed by atoms with Gasteiger partial charge in [0.15, 0.2) is 0 Å². The third-order valence-electron chi connectivity index (χ3n) is 4.94. The molecule has 0 spiro atoms. The number of aliphatic hydroxyl groups excluding tert-OH is 2. The third-order valence-corrected chi connectivity index (χ3v) is 5.57. The van der Waals surface area contributed by atoms with Crippen molar-refractivity contribution in [3.63, 3.8) is 0 Å². The molecule has 0 amide bonds. The van der Waals surface area contributed by atoms with Crippen LogP contribution >= 0.6 is 23.2 Å². The molecule has 0 fully saturated rings. The molecule has 4 aromatic rings. The number of hydrogen-bond donors (Lipinski definition) is 3. The van der Waals surface area contributed by atoms with Crippen molar-refractivity contribution in [1.29, 1.82) is 0 Å². The molecule has 4 rings (SSSR count). The van der Waals surface area contributed by atoms with E-state index in [2.05, 4.69) is 15.3 Å². The van der Waals surface area contributed by atoms with E-state index in [1.54, 1.807) is 61.8 Å². The van der Waals surface area contributed by atoms with Gasteiger partial charge >= 0.3 is 0 Å². The third kappa shape index (κ3) is 4.94. The van der Waals surface area contributed by atoms with Gasteiger partial charge in [0.1, 0.15) is 24.1 Å². The van der Waals surface area contributed by atoms with Gasteiger partial charge in [0.25, 0.3) is 5.56 Å². The highest BCUT2D eigenvalue weighted by Gasteiger charge is 2.16. The zero-order valence-electron chi connectivity index (χ0n) is 17.5. The van der Waals surface area contributed by atoms with Crippen LogP contribution in [0.1, 0.15) is 0 Å². The van der Waals surface area contributed by atoms with Crippen LogP contribution in [-0.2, 0) is 7.05 Å². The molecule has 0 aliphatic rings. The van der Waals surface area contributed by atoms with Crippen LogP contribution < -0.4 is 15.6 Å². The SMILES string of the molecule is Cn1c(=O)c(-c2c(Cl)cccc2Cl)cc2cnc(Nc3ccc(OCC(O)CO)cc3)nc21. The molecule has 0 bridgehead atoms. The van der Waals surface area contributed by atoms with Crippen LogP contribution in [0.3, 0.4) is 0 Å². The first kappa shape index (κ1) is 23.0. The van der Waals surface area contributed by atoms with E-state index in [9.17, 15) is 9.90 Å². The Labute approximate surface area is 199 Å². The summed E-state index contributed by atoms with van der Waals surface area (Å²) in [6, 6.07) is 13.7. The van der Waals surface area contributed by atoms with E-state index in [0.29, 0.717) is 49.6 Å². The van der Waals surface area contributed by atoms with Gasteiger partial charge in [-0.2, -0.15) is 4.98 Å². The zero-order valence-corrected chi connectivity index (χ0v) is 19.0. The topological polar surface area (TPSA) is 110 Å². The van der Waals surface area contributed by atoms with Gasteiger partial charge in [-0.3, -0.25) is 9.36 Å². The number of halogens is 2. The molecule has 10 heteroatoms. The molecular formula is C23H20Cl2N4O4. The maximum Gasteiger partial charge on any atom is 0.259 e. The van der Waals surface area contributed by atoms with Crippen LogP contribution in [0, 0.1) is 0 Å². The first-order valence-electron chi connectivity index (χ1n) is 9.97. The summed E-state index contributed by atoms with van der Waals surface area (Å²) in [6.07, 6.45) is 0.682. The molecule has 0 radical (unpaired) electrons. The Balaban J connectivity index is 1.61. The Hall–Kier alpha value is -3.17. The Morgan fingerprint density at radius 3 is 2.52 bits per heavy atom. The highest BCUT2D eigenvalue weighted by molar-refractivity contribution is 6.39. The van der Waals surface area contributed by atoms with Crippen molar-refractivity contribution in [3.05, 3.63) is 75.1 Å². The highest BCUT2D eigenvalue weighted by Crippen LogP contribution is 2.33. The Morgan fingerprint density at radius 2 is 1.85 bits per heavy atom. The number of ether oxygens (including phenoxy) is 1. The standard InChI is InChI=1S/C23H20Cl2N4O4/c1-29-21-13(9-17(22(29)32)20-18(24)3-2-4-19(20)25)10-26-23(28-21)27-14-5-7-16(8-6-14)33-12-15(31)11-30/h2-10,15,30-31H,11-12H2,1H3,(H,26,27,28). The number of benzene rings is 2. The first-order valence-corrected chi connectivity index (χ1v) is 10.7. The largest absolute Gasteiger partial charge is 0.491 e. The van der Waals surface area contributed by atoms with Crippen molar-refractivity contribution in [3.8, 4) is 16.9 Å². The molecular weight excluding hydrogens is 467 g/mol. The maximum atomic E-state index is 13.0. The van der Waals surface area contributed by atoms with Gasteiger partial charge in [0.2, 0.25) is 5.95 Å². The lowest BCUT2D eigenvalue weighted by Gasteiger charge is -2.12. The summed E-state index contributed by atoms with van der Waals surface area (Å²) in [6.45, 7) is -0.374. The van der Waals surface area contributed by atoms with Gasteiger partial charge in [-0.05, 0) is 42.5 Å². The number of pyridine rings is 1. The molecule has 1 unspecified atom stereocenters. The summed E-state index contributed by atoms with van der Waals surface area (Å²) in [7, 11) is 1.63. The molecule has 3 N–H and O–H groups in total. The molecule has 0 saturated carbocycles. The number of anilines is 2. The molecule has 1 atom stereocenters. The lowest BCUT2D eigenvalue weighted by Crippen LogP contribution is -2.21. The molecule has 170 valence electrons. The van der Waals surface area contributed by atoms with Crippen molar-refractivity contribution in [1.82, 2.24) is 14.5 Å². The van der Waals surface area contributed by atoms with Gasteiger partial charge in [0, 0.05) is 29.9 Å². The summed E-state index contributed by atoms with van der Waals surface area (Å²) in [5, 5.41) is 22.7. The molecule has 0 aliphatic carbocycles. The molecule has 2 aromatic heterocycles. The smallest absolute Gasteiger partial charge is 0.259 e. The van der Waals surface area contributed by atoms with Gasteiger partial charge in [-0.1, -0.05) is 29.3 Å². The fourth-order valence-electron chi connectivity index (χ4n) is 3.25. The van der Waals surface area contributed by atoms with Crippen molar-refractivity contribution in [2.24, 2.45) is 7.05 Å². The second-order valence-electron chi connectivity index (χ2n) is 7.29. The Bertz CT molecular complexity index is 1340. The average molecular weight is 487 g/mol. The van der Waals surface area contributed by atoms with E-state index in [-0.39, 0.29) is 18.8 Å². The van der Waals surface area contributed by atoms with E-state index in [1.165, 1.54) is 4.57 Å². The number of nitrogens with zero attached hydrogens (tertiary/aromatic N) is 3. The van der Waals surface area contributed by atoms with E-state index in [4.69, 9.17) is 33.0 Å². The van der Waals surface area contributed by atoms with E-state index in [0.717, 1.165) is 0 Å². The quantitative estimate of drug-likeness (QED) is 0.364. The number of aryl methyl sites for hydroxylation is 1. The lowest BCUT2D eigenvalue weighted by molar-refractivity contribution is 0.0536. The highest BCUT2D eigenvalue weighted by atomic mass is 35.5. The van der Waals surface area contributed by atoms with Crippen LogP contribution in [0.2, 0.25) is 10.0 Å². The Morgan fingerprint density at radius 1 is 1.15 bits per heavy atom. The summed E-state index contributed by atoms with van der Waals surface area (Å²) < 4.78 is 6.82. The van der Waals surface area contributed by atoms with Crippen LogP contribution in [0.5, 0.6) is 5.75 Å². The van der Waals surface area contributed by atoms with Crippen molar-refractivity contribution in [2.75, 3.05) is 18.5 Å². The van der Waals surface area contributed by atoms with Crippen LogP contribution in [0.15, 0.2) is 59.5 Å². The second kappa shape index (κ2) is 9.76. The van der Waals surface area contributed by atoms with E-state index in [1.807, 2.05) is 0 Å². The summed E-state index contributed by atoms with van der Waals surface area (Å²) in [5.74, 6) is 0.853. The summed E-state index contributed by atoms with van der Waals surface area (Å²) >= 11 is 12.6. The predicted octanol–water partition coefficient (Wildman–Crippen LogP) is 3.78. The fourth-order valence-corrected chi connectivity index (χ4v) is 3.85. The number of aliphatic hydroxyl groups is 2. The van der Waals surface area contributed by atoms with E-state index < -0.39 is 6.10 Å². The lowest BCUT2D eigenvalue weighted by atomic mass is 10.1. The second-order valence-corrected chi connectivity index (χ2v) is 8.10. The predicted molar refractivity (Wildman–Crippen MR) is 129 cm³/mol. The number of fused-ring (bicyclic) bond motifs is 1. The van der Waals surface area contributed by atoms with E-state index >= 15 is 0 Å². The fraction of sp³-hybridized carbons (Fsp3) is 0.174. The van der Waals surface area contributed by atoms with Crippen LogP contribution in [0.4, 0.5) is 11.6 Å². The molecule has 2 aromatic carbocycles. The van der Waals surface area contributed by atoms with Gasteiger partial charge in [-0.25, -0.2) is 4.98 Å². The summed E-state index contributed by atoms with van der Waals surface area (Å²) in [4.78, 5) is 21.9. The maximum absolute atomic E-state index is 13.0. The number of rotatable bonds is 7. The average Bonchev–Trinajstić information content (AvgIpc) is 2.81. The Kier molecular flexibility index (Phi) is 6.80. The first-order chi connectivity index (χ1) is 15.9. The normalized spacial score (nSPS) is 12.0. The van der Waals surface area contributed by atoms with Crippen molar-refractivity contribution < 1.29 is 14.9 Å². The van der Waals surface area contributed by atoms with Crippen LogP contribution in [-0.4, -0.2) is 44.1 Å². The minimum atomic E-state index is -0.935. The minimum Gasteiger partial charge on any atom is -0.491 e. The monoisotopic (exact) mass is 486 g/mol. The summed E-state index contributed by atoms with van der Waals surface area (Å²) in [5.41, 5.74) is 1.70. The molecule has 33 heavy (non-hydrogen) atoms. The molecule has 8 nitrogen and oxygen atoms in total.